The number of ketones is 1. The monoisotopic (exact) mass is 207 g/mol. The minimum Gasteiger partial charge on any atom is -0.321 e. The van der Waals surface area contributed by atoms with E-state index < -0.39 is 0 Å². The van der Waals surface area contributed by atoms with Gasteiger partial charge in [0.1, 0.15) is 5.78 Å². The quantitative estimate of drug-likeness (QED) is 0.827. The van der Waals surface area contributed by atoms with Crippen LogP contribution < -0.4 is 5.73 Å². The first-order chi connectivity index (χ1) is 6.50. The first kappa shape index (κ1) is 13.8. The van der Waals surface area contributed by atoms with E-state index >= 15 is 0 Å². The van der Waals surface area contributed by atoms with Gasteiger partial charge in [0.25, 0.3) is 0 Å². The summed E-state index contributed by atoms with van der Waals surface area (Å²) < 4.78 is 0. The molecule has 84 valence electrons. The van der Waals surface area contributed by atoms with Crippen molar-refractivity contribution >= 4 is 5.78 Å². The lowest BCUT2D eigenvalue weighted by Gasteiger charge is -2.10. The van der Waals surface area contributed by atoms with Crippen LogP contribution in [0.3, 0.4) is 0 Å². The Balaban J connectivity index is 0.00000196. The number of nitrogens with two attached hydrogens (primary N) is 1. The Morgan fingerprint density at radius 2 is 2.00 bits per heavy atom. The maximum Gasteiger partial charge on any atom is 0.146 e. The number of aryl methyl sites for hydroxylation is 2. The third-order valence-electron chi connectivity index (χ3n) is 2.46. The topological polar surface area (TPSA) is 43.1 Å². The minimum absolute atomic E-state index is 0. The Bertz CT molecular complexity index is 344. The van der Waals surface area contributed by atoms with Crippen LogP contribution in [-0.4, -0.2) is 11.8 Å². The molecule has 0 aliphatic carbocycles. The van der Waals surface area contributed by atoms with Crippen LogP contribution >= 0.6 is 0 Å². The van der Waals surface area contributed by atoms with Gasteiger partial charge in [0.15, 0.2) is 0 Å². The van der Waals surface area contributed by atoms with Gasteiger partial charge in [-0.1, -0.05) is 31.2 Å². The molecule has 0 aliphatic rings. The molecule has 0 radical (unpaired) electrons. The van der Waals surface area contributed by atoms with Crippen molar-refractivity contribution in [2.24, 2.45) is 5.73 Å². The number of Topliss-reactive ketones (excluding diaryl/α,β-unsaturated/α-hetero) is 1. The Kier molecular flexibility index (Phi) is 5.23. The summed E-state index contributed by atoms with van der Waals surface area (Å²) in [5.74, 6) is 0.0463. The average molecular weight is 207 g/mol. The zero-order chi connectivity index (χ0) is 10.7. The van der Waals surface area contributed by atoms with Gasteiger partial charge in [-0.3, -0.25) is 4.79 Å². The van der Waals surface area contributed by atoms with Crippen molar-refractivity contribution in [3.63, 3.8) is 0 Å². The van der Waals surface area contributed by atoms with Gasteiger partial charge < -0.3 is 5.73 Å². The third kappa shape index (κ3) is 3.84. The number of hydrogen-bond donors (Lipinski definition) is 1. The second-order valence-electron chi connectivity index (χ2n) is 3.85. The van der Waals surface area contributed by atoms with E-state index in [1.54, 1.807) is 0 Å². The van der Waals surface area contributed by atoms with Gasteiger partial charge in [0.05, 0.1) is 6.04 Å². The van der Waals surface area contributed by atoms with Crippen molar-refractivity contribution in [1.82, 2.24) is 0 Å². The van der Waals surface area contributed by atoms with Crippen LogP contribution in [0.5, 0.6) is 0 Å². The second kappa shape index (κ2) is 5.66. The Morgan fingerprint density at radius 3 is 2.47 bits per heavy atom. The molecule has 2 N–H and O–H groups in total. The summed E-state index contributed by atoms with van der Waals surface area (Å²) in [6.07, 6.45) is 0.640. The molecule has 0 aromatic heterocycles. The predicted molar refractivity (Wildman–Crippen MR) is 65.0 cm³/mol. The molecule has 0 spiro atoms. The van der Waals surface area contributed by atoms with Crippen molar-refractivity contribution < 1.29 is 4.79 Å². The van der Waals surface area contributed by atoms with E-state index in [0.717, 1.165) is 0 Å². The van der Waals surface area contributed by atoms with Gasteiger partial charge in [-0.2, -0.15) is 0 Å². The molecular weight excluding hydrogens is 186 g/mol. The van der Waals surface area contributed by atoms with E-state index in [2.05, 4.69) is 26.0 Å². The molecule has 1 atom stereocenters. The molecule has 0 heterocycles. The summed E-state index contributed by atoms with van der Waals surface area (Å²) >= 11 is 0. The molecule has 0 saturated carbocycles. The fourth-order valence-electron chi connectivity index (χ4n) is 1.46. The second-order valence-corrected chi connectivity index (χ2v) is 3.85. The third-order valence-corrected chi connectivity index (χ3v) is 2.46. The fourth-order valence-corrected chi connectivity index (χ4v) is 1.46. The molecule has 0 aliphatic heterocycles. The molecule has 15 heavy (non-hydrogen) atoms. The number of carbonyl (C=O) groups excluding carboxylic acids is 1. The Morgan fingerprint density at radius 1 is 1.40 bits per heavy atom. The molecule has 2 heteroatoms. The van der Waals surface area contributed by atoms with Gasteiger partial charge in [0.2, 0.25) is 0 Å². The molecule has 1 rings (SSSR count). The lowest BCUT2D eigenvalue weighted by Crippen LogP contribution is -2.30. The molecule has 1 aromatic carbocycles. The normalized spacial score (nSPS) is 11.7. The van der Waals surface area contributed by atoms with Gasteiger partial charge in [-0.05, 0) is 38.3 Å². The highest BCUT2D eigenvalue weighted by atomic mass is 16.1. The van der Waals surface area contributed by atoms with E-state index in [9.17, 15) is 4.79 Å². The molecule has 1 unspecified atom stereocenters. The summed E-state index contributed by atoms with van der Waals surface area (Å²) in [4.78, 5) is 11.0. The zero-order valence-electron chi connectivity index (χ0n) is 9.00. The maximum absolute atomic E-state index is 11.0. The first-order valence-corrected chi connectivity index (χ1v) is 4.83. The maximum atomic E-state index is 11.0. The lowest BCUT2D eigenvalue weighted by molar-refractivity contribution is -0.118. The first-order valence-electron chi connectivity index (χ1n) is 4.83. The van der Waals surface area contributed by atoms with E-state index in [1.165, 1.54) is 23.6 Å². The van der Waals surface area contributed by atoms with Crippen LogP contribution in [-0.2, 0) is 11.2 Å². The summed E-state index contributed by atoms with van der Waals surface area (Å²) in [6, 6.07) is 5.85. The van der Waals surface area contributed by atoms with E-state index in [1.807, 2.05) is 6.07 Å². The number of benzene rings is 1. The van der Waals surface area contributed by atoms with Gasteiger partial charge in [-0.15, -0.1) is 0 Å². The zero-order valence-corrected chi connectivity index (χ0v) is 9.00. The van der Waals surface area contributed by atoms with Crippen molar-refractivity contribution in [3.8, 4) is 0 Å². The molecule has 2 nitrogen and oxygen atoms in total. The number of carbonyl (C=O) groups is 1. The number of rotatable bonds is 3. The van der Waals surface area contributed by atoms with Crippen LogP contribution in [0, 0.1) is 13.8 Å². The lowest BCUT2D eigenvalue weighted by atomic mass is 9.98. The summed E-state index contributed by atoms with van der Waals surface area (Å²) in [6.45, 7) is 5.64. The molecular formula is C13H21NO. The smallest absolute Gasteiger partial charge is 0.146 e. The highest BCUT2D eigenvalue weighted by Crippen LogP contribution is 2.12. The molecule has 0 fully saturated rings. The van der Waals surface area contributed by atoms with E-state index in [0.29, 0.717) is 6.42 Å². The van der Waals surface area contributed by atoms with Crippen molar-refractivity contribution in [1.29, 1.82) is 0 Å². The molecule has 0 amide bonds. The fraction of sp³-hybridized carbons (Fsp3) is 0.462. The average Bonchev–Trinajstić information content (AvgIpc) is 2.09. The van der Waals surface area contributed by atoms with Crippen molar-refractivity contribution in [2.45, 2.75) is 40.7 Å². The van der Waals surface area contributed by atoms with Crippen molar-refractivity contribution in [2.75, 3.05) is 0 Å². The van der Waals surface area contributed by atoms with Crippen LogP contribution in [0.15, 0.2) is 18.2 Å². The highest BCUT2D eigenvalue weighted by Gasteiger charge is 2.10. The summed E-state index contributed by atoms with van der Waals surface area (Å²) in [5.41, 5.74) is 9.32. The van der Waals surface area contributed by atoms with Gasteiger partial charge >= 0.3 is 0 Å². The van der Waals surface area contributed by atoms with Crippen molar-refractivity contribution in [3.05, 3.63) is 34.9 Å². The minimum atomic E-state index is -0.364. The summed E-state index contributed by atoms with van der Waals surface area (Å²) in [7, 11) is 0. The Labute approximate surface area is 92.5 Å². The number of hydrogen-bond acceptors (Lipinski definition) is 2. The van der Waals surface area contributed by atoms with Gasteiger partial charge in [-0.25, -0.2) is 0 Å². The van der Waals surface area contributed by atoms with Crippen LogP contribution in [0.4, 0.5) is 0 Å². The Hall–Kier alpha value is -1.15. The van der Waals surface area contributed by atoms with E-state index in [-0.39, 0.29) is 19.3 Å². The van der Waals surface area contributed by atoms with Crippen LogP contribution in [0.1, 0.15) is 31.0 Å². The SMILES string of the molecule is C.CC(=O)C(N)Cc1ccc(C)cc1C. The molecule has 0 saturated heterocycles. The van der Waals surface area contributed by atoms with E-state index in [4.69, 9.17) is 5.73 Å². The highest BCUT2D eigenvalue weighted by molar-refractivity contribution is 5.81. The van der Waals surface area contributed by atoms with Gasteiger partial charge in [0, 0.05) is 0 Å². The molecule has 0 bridgehead atoms. The largest absolute Gasteiger partial charge is 0.321 e. The summed E-state index contributed by atoms with van der Waals surface area (Å²) in [5, 5.41) is 0. The standard InChI is InChI=1S/C12H17NO.CH4/c1-8-4-5-11(9(2)6-8)7-12(13)10(3)14;/h4-6,12H,7,13H2,1-3H3;1H4. The van der Waals surface area contributed by atoms with Crippen LogP contribution in [0.2, 0.25) is 0 Å². The van der Waals surface area contributed by atoms with Crippen LogP contribution in [0.25, 0.3) is 0 Å². The predicted octanol–water partition coefficient (Wildman–Crippen LogP) is 2.40. The molecule has 1 aromatic rings.